The first-order valence-corrected chi connectivity index (χ1v) is 8.66. The maximum absolute atomic E-state index is 5.95. The molecule has 2 saturated heterocycles. The Morgan fingerprint density at radius 1 is 1.20 bits per heavy atom. The van der Waals surface area contributed by atoms with Gasteiger partial charge in [-0.25, -0.2) is 0 Å². The molecule has 2 rings (SSSR count). The average molecular weight is 282 g/mol. The van der Waals surface area contributed by atoms with Crippen molar-refractivity contribution in [2.45, 2.75) is 71.6 Å². The summed E-state index contributed by atoms with van der Waals surface area (Å²) in [7, 11) is 0. The van der Waals surface area contributed by atoms with Gasteiger partial charge in [0.05, 0.1) is 6.10 Å². The molecule has 0 amide bonds. The summed E-state index contributed by atoms with van der Waals surface area (Å²) in [5.41, 5.74) is 0. The fourth-order valence-corrected chi connectivity index (χ4v) is 3.73. The molecule has 0 aromatic heterocycles. The molecule has 2 aliphatic heterocycles. The molecule has 0 aliphatic carbocycles. The smallest absolute Gasteiger partial charge is 0.0612 e. The van der Waals surface area contributed by atoms with E-state index >= 15 is 0 Å². The molecular formula is C17H34N2O. The summed E-state index contributed by atoms with van der Waals surface area (Å²) in [6, 6.07) is 1.37. The van der Waals surface area contributed by atoms with Crippen LogP contribution in [-0.4, -0.2) is 49.3 Å². The largest absolute Gasteiger partial charge is 0.378 e. The number of rotatable bonds is 5. The van der Waals surface area contributed by atoms with Gasteiger partial charge in [-0.2, -0.15) is 0 Å². The van der Waals surface area contributed by atoms with E-state index in [0.717, 1.165) is 18.6 Å². The van der Waals surface area contributed by atoms with Gasteiger partial charge in [0.15, 0.2) is 0 Å². The third-order valence-electron chi connectivity index (χ3n) is 5.03. The third kappa shape index (κ3) is 4.44. The van der Waals surface area contributed by atoms with Crippen molar-refractivity contribution >= 4 is 0 Å². The Kier molecular flexibility index (Phi) is 6.31. The first-order chi connectivity index (χ1) is 9.58. The van der Waals surface area contributed by atoms with Crippen LogP contribution >= 0.6 is 0 Å². The van der Waals surface area contributed by atoms with E-state index in [0.29, 0.717) is 18.1 Å². The lowest BCUT2D eigenvalue weighted by atomic mass is 9.91. The lowest BCUT2D eigenvalue weighted by Crippen LogP contribution is -2.50. The second-order valence-corrected chi connectivity index (χ2v) is 7.33. The Bertz CT molecular complexity index is 274. The van der Waals surface area contributed by atoms with Crippen LogP contribution in [0.5, 0.6) is 0 Å². The molecule has 1 N–H and O–H groups in total. The van der Waals surface area contributed by atoms with Crippen molar-refractivity contribution in [2.75, 3.05) is 26.2 Å². The van der Waals surface area contributed by atoms with Crippen LogP contribution in [-0.2, 0) is 4.74 Å². The second-order valence-electron chi connectivity index (χ2n) is 7.33. The van der Waals surface area contributed by atoms with Crippen LogP contribution in [0.3, 0.4) is 0 Å². The Labute approximate surface area is 125 Å². The van der Waals surface area contributed by atoms with Crippen LogP contribution < -0.4 is 5.32 Å². The van der Waals surface area contributed by atoms with Crippen LogP contribution in [0, 0.1) is 11.8 Å². The molecule has 2 aliphatic rings. The van der Waals surface area contributed by atoms with Crippen LogP contribution in [0.1, 0.15) is 53.4 Å². The van der Waals surface area contributed by atoms with E-state index in [9.17, 15) is 0 Å². The third-order valence-corrected chi connectivity index (χ3v) is 5.03. The highest BCUT2D eigenvalue weighted by Crippen LogP contribution is 2.26. The summed E-state index contributed by atoms with van der Waals surface area (Å²) in [5.74, 6) is 1.48. The number of hydrogen-bond donors (Lipinski definition) is 1. The molecule has 2 heterocycles. The van der Waals surface area contributed by atoms with E-state index in [4.69, 9.17) is 4.74 Å². The fraction of sp³-hybridized carbons (Fsp3) is 1.00. The van der Waals surface area contributed by atoms with E-state index in [2.05, 4.69) is 37.9 Å². The summed E-state index contributed by atoms with van der Waals surface area (Å²) in [5, 5.41) is 3.56. The molecule has 118 valence electrons. The number of hydrogen-bond acceptors (Lipinski definition) is 3. The molecule has 3 unspecified atom stereocenters. The normalized spacial score (nSPS) is 32.2. The summed E-state index contributed by atoms with van der Waals surface area (Å²) >= 11 is 0. The summed E-state index contributed by atoms with van der Waals surface area (Å²) in [4.78, 5) is 2.76. The van der Waals surface area contributed by atoms with E-state index in [1.165, 1.54) is 45.3 Å². The lowest BCUT2D eigenvalue weighted by molar-refractivity contribution is -0.0570. The van der Waals surface area contributed by atoms with Gasteiger partial charge in [-0.3, -0.25) is 4.90 Å². The van der Waals surface area contributed by atoms with Crippen molar-refractivity contribution in [3.05, 3.63) is 0 Å². The number of nitrogens with zero attached hydrogens (tertiary/aromatic N) is 1. The zero-order chi connectivity index (χ0) is 14.5. The molecule has 3 nitrogen and oxygen atoms in total. The Morgan fingerprint density at radius 2 is 2.00 bits per heavy atom. The first-order valence-electron chi connectivity index (χ1n) is 8.66. The van der Waals surface area contributed by atoms with Gasteiger partial charge in [0.2, 0.25) is 0 Å². The number of nitrogens with one attached hydrogen (secondary N) is 1. The molecule has 3 atom stereocenters. The van der Waals surface area contributed by atoms with Gasteiger partial charge in [0.25, 0.3) is 0 Å². The minimum absolute atomic E-state index is 0.458. The molecule has 0 bridgehead atoms. The van der Waals surface area contributed by atoms with Crippen LogP contribution in [0.4, 0.5) is 0 Å². The Balaban J connectivity index is 1.92. The van der Waals surface area contributed by atoms with Crippen LogP contribution in [0.15, 0.2) is 0 Å². The molecule has 0 radical (unpaired) electrons. The van der Waals surface area contributed by atoms with Gasteiger partial charge < -0.3 is 10.1 Å². The summed E-state index contributed by atoms with van der Waals surface area (Å²) < 4.78 is 5.95. The molecule has 0 spiro atoms. The highest BCUT2D eigenvalue weighted by Gasteiger charge is 2.31. The van der Waals surface area contributed by atoms with Crippen molar-refractivity contribution in [1.29, 1.82) is 0 Å². The molecule has 0 saturated carbocycles. The monoisotopic (exact) mass is 282 g/mol. The second kappa shape index (κ2) is 7.77. The topological polar surface area (TPSA) is 24.5 Å². The van der Waals surface area contributed by atoms with E-state index in [-0.39, 0.29) is 0 Å². The minimum Gasteiger partial charge on any atom is -0.378 e. The van der Waals surface area contributed by atoms with Gasteiger partial charge in [-0.15, -0.1) is 0 Å². The molecule has 3 heteroatoms. The average Bonchev–Trinajstić information content (AvgIpc) is 2.45. The zero-order valence-corrected chi connectivity index (χ0v) is 13.9. The van der Waals surface area contributed by atoms with Gasteiger partial charge in [0, 0.05) is 25.2 Å². The number of ether oxygens (including phenoxy) is 1. The van der Waals surface area contributed by atoms with Crippen molar-refractivity contribution < 1.29 is 4.74 Å². The standard InChI is InChI=1S/C17H34N2O/c1-13(2)17-10-16(7-9-20-17)19(14(3)4)12-15-6-5-8-18-11-15/h13-18H,5-12H2,1-4H3. The first kappa shape index (κ1) is 16.3. The number of piperidine rings is 1. The van der Waals surface area contributed by atoms with E-state index in [1.807, 2.05) is 0 Å². The summed E-state index contributed by atoms with van der Waals surface area (Å²) in [6.45, 7) is 13.9. The van der Waals surface area contributed by atoms with Crippen LogP contribution in [0.2, 0.25) is 0 Å². The van der Waals surface area contributed by atoms with Gasteiger partial charge in [0.1, 0.15) is 0 Å². The van der Waals surface area contributed by atoms with E-state index < -0.39 is 0 Å². The molecule has 0 aromatic rings. The van der Waals surface area contributed by atoms with Crippen molar-refractivity contribution in [1.82, 2.24) is 10.2 Å². The SMILES string of the molecule is CC(C)C1CC(N(CC2CCCNC2)C(C)C)CCO1. The van der Waals surface area contributed by atoms with Crippen LogP contribution in [0.25, 0.3) is 0 Å². The minimum atomic E-state index is 0.458. The Hall–Kier alpha value is -0.120. The predicted molar refractivity (Wildman–Crippen MR) is 85.0 cm³/mol. The Morgan fingerprint density at radius 3 is 2.60 bits per heavy atom. The van der Waals surface area contributed by atoms with Gasteiger partial charge >= 0.3 is 0 Å². The maximum Gasteiger partial charge on any atom is 0.0612 e. The zero-order valence-electron chi connectivity index (χ0n) is 13.9. The predicted octanol–water partition coefficient (Wildman–Crippen LogP) is 2.90. The highest BCUT2D eigenvalue weighted by atomic mass is 16.5. The lowest BCUT2D eigenvalue weighted by Gasteiger charge is -2.43. The fourth-order valence-electron chi connectivity index (χ4n) is 3.73. The van der Waals surface area contributed by atoms with Gasteiger partial charge in [-0.1, -0.05) is 13.8 Å². The molecule has 2 fully saturated rings. The maximum atomic E-state index is 5.95. The van der Waals surface area contributed by atoms with Crippen molar-refractivity contribution in [2.24, 2.45) is 11.8 Å². The molecule has 0 aromatic carbocycles. The van der Waals surface area contributed by atoms with Crippen molar-refractivity contribution in [3.8, 4) is 0 Å². The van der Waals surface area contributed by atoms with E-state index in [1.54, 1.807) is 0 Å². The molecular weight excluding hydrogens is 248 g/mol. The highest BCUT2D eigenvalue weighted by molar-refractivity contribution is 4.85. The van der Waals surface area contributed by atoms with Gasteiger partial charge in [-0.05, 0) is 64.5 Å². The molecule has 20 heavy (non-hydrogen) atoms. The van der Waals surface area contributed by atoms with Crippen molar-refractivity contribution in [3.63, 3.8) is 0 Å². The summed E-state index contributed by atoms with van der Waals surface area (Å²) in [6.07, 6.45) is 5.63. The quantitative estimate of drug-likeness (QED) is 0.839.